The van der Waals surface area contributed by atoms with Crippen LogP contribution in [-0.4, -0.2) is 28.3 Å². The summed E-state index contributed by atoms with van der Waals surface area (Å²) in [4.78, 5) is 10.9. The number of carboxylic acids is 1. The highest BCUT2D eigenvalue weighted by Crippen LogP contribution is 2.14. The van der Waals surface area contributed by atoms with Crippen LogP contribution in [0.2, 0.25) is 0 Å². The van der Waals surface area contributed by atoms with Gasteiger partial charge in [0.05, 0.1) is 6.61 Å². The zero-order valence-corrected chi connectivity index (χ0v) is 14.9. The van der Waals surface area contributed by atoms with Gasteiger partial charge in [0.25, 0.3) is 0 Å². The molecule has 0 aromatic carbocycles. The molecule has 0 aliphatic carbocycles. The summed E-state index contributed by atoms with van der Waals surface area (Å²) < 4.78 is 0. The third-order valence-electron chi connectivity index (χ3n) is 4.34. The molecule has 0 aliphatic heterocycles. The van der Waals surface area contributed by atoms with Crippen LogP contribution < -0.4 is 5.73 Å². The minimum Gasteiger partial charge on any atom is -0.480 e. The van der Waals surface area contributed by atoms with Gasteiger partial charge in [0.2, 0.25) is 0 Å². The van der Waals surface area contributed by atoms with Crippen LogP contribution in [0.3, 0.4) is 0 Å². The molecule has 1 atom stereocenters. The molecule has 4 nitrogen and oxygen atoms in total. The summed E-state index contributed by atoms with van der Waals surface area (Å²) in [5.41, 5.74) is 4.17. The van der Waals surface area contributed by atoms with Gasteiger partial charge in [0.1, 0.15) is 5.54 Å². The normalized spacial score (nSPS) is 14.2. The van der Waals surface area contributed by atoms with Gasteiger partial charge in [-0.3, -0.25) is 4.79 Å². The standard InChI is InChI=1S/C19H37NO3/c1-2-3-4-5-6-7-8-9-10-11-12-13-14-15-16-19(20,17-21)18(22)23/h9-10,21H,2-8,11-17,20H2,1H3,(H,22,23)/b10-9-. The molecule has 1 unspecified atom stereocenters. The van der Waals surface area contributed by atoms with Crippen molar-refractivity contribution < 1.29 is 15.0 Å². The van der Waals surface area contributed by atoms with Gasteiger partial charge in [-0.15, -0.1) is 0 Å². The molecule has 136 valence electrons. The number of aliphatic hydroxyl groups is 1. The molecule has 0 radical (unpaired) electrons. The summed E-state index contributed by atoms with van der Waals surface area (Å²) in [7, 11) is 0. The van der Waals surface area contributed by atoms with Gasteiger partial charge in [-0.2, -0.15) is 0 Å². The van der Waals surface area contributed by atoms with E-state index in [0.717, 1.165) is 32.1 Å². The van der Waals surface area contributed by atoms with E-state index in [9.17, 15) is 4.79 Å². The molecule has 4 heteroatoms. The Bertz CT molecular complexity index is 318. The first kappa shape index (κ1) is 22.1. The predicted octanol–water partition coefficient (Wildman–Crippen LogP) is 4.41. The highest BCUT2D eigenvalue weighted by Gasteiger charge is 2.32. The zero-order chi connectivity index (χ0) is 17.4. The van der Waals surface area contributed by atoms with E-state index in [1.54, 1.807) is 0 Å². The lowest BCUT2D eigenvalue weighted by Gasteiger charge is -2.21. The first-order valence-corrected chi connectivity index (χ1v) is 9.35. The summed E-state index contributed by atoms with van der Waals surface area (Å²) in [6, 6.07) is 0. The number of carboxylic acid groups (broad SMARTS) is 1. The number of carbonyl (C=O) groups is 1. The second kappa shape index (κ2) is 14.7. The van der Waals surface area contributed by atoms with Crippen molar-refractivity contribution in [3.05, 3.63) is 12.2 Å². The Kier molecular flexibility index (Phi) is 14.1. The van der Waals surface area contributed by atoms with Crippen LogP contribution >= 0.6 is 0 Å². The lowest BCUT2D eigenvalue weighted by atomic mass is 9.94. The smallest absolute Gasteiger partial charge is 0.326 e. The van der Waals surface area contributed by atoms with Crippen LogP contribution in [0.25, 0.3) is 0 Å². The third-order valence-corrected chi connectivity index (χ3v) is 4.34. The Labute approximate surface area is 142 Å². The molecular weight excluding hydrogens is 290 g/mol. The molecule has 0 amide bonds. The summed E-state index contributed by atoms with van der Waals surface area (Å²) in [5, 5.41) is 18.0. The number of unbranched alkanes of at least 4 members (excludes halogenated alkanes) is 10. The SMILES string of the molecule is CCCCCCCC/C=C\CCCCCCC(N)(CO)C(=O)O. The molecule has 0 spiro atoms. The van der Waals surface area contributed by atoms with Crippen LogP contribution in [0.4, 0.5) is 0 Å². The van der Waals surface area contributed by atoms with Gasteiger partial charge in [0.15, 0.2) is 0 Å². The van der Waals surface area contributed by atoms with Crippen LogP contribution in [0, 0.1) is 0 Å². The van der Waals surface area contributed by atoms with Crippen molar-refractivity contribution >= 4 is 5.97 Å². The molecule has 0 aromatic heterocycles. The molecule has 0 fully saturated rings. The molecular formula is C19H37NO3. The summed E-state index contributed by atoms with van der Waals surface area (Å²) in [6.45, 7) is 1.75. The largest absolute Gasteiger partial charge is 0.480 e. The summed E-state index contributed by atoms with van der Waals surface area (Å²) in [5.74, 6) is -1.11. The molecule has 0 saturated carbocycles. The molecule has 0 aromatic rings. The maximum absolute atomic E-state index is 10.9. The highest BCUT2D eigenvalue weighted by molar-refractivity contribution is 5.78. The van der Waals surface area contributed by atoms with E-state index in [1.165, 1.54) is 44.9 Å². The molecule has 0 aliphatic rings. The first-order valence-electron chi connectivity index (χ1n) is 9.35. The van der Waals surface area contributed by atoms with Gasteiger partial charge >= 0.3 is 5.97 Å². The Balaban J connectivity index is 3.39. The minimum atomic E-state index is -1.46. The van der Waals surface area contributed by atoms with Crippen molar-refractivity contribution in [3.63, 3.8) is 0 Å². The predicted molar refractivity (Wildman–Crippen MR) is 96.5 cm³/mol. The minimum absolute atomic E-state index is 0.340. The number of allylic oxidation sites excluding steroid dienone is 2. The van der Waals surface area contributed by atoms with Crippen molar-refractivity contribution in [1.82, 2.24) is 0 Å². The number of rotatable bonds is 16. The maximum atomic E-state index is 10.9. The van der Waals surface area contributed by atoms with Crippen LogP contribution in [0.1, 0.15) is 90.4 Å². The monoisotopic (exact) mass is 327 g/mol. The van der Waals surface area contributed by atoms with Gasteiger partial charge < -0.3 is 15.9 Å². The second-order valence-corrected chi connectivity index (χ2v) is 6.60. The highest BCUT2D eigenvalue weighted by atomic mass is 16.4. The Morgan fingerprint density at radius 1 is 0.913 bits per heavy atom. The van der Waals surface area contributed by atoms with E-state index in [-0.39, 0.29) is 0 Å². The summed E-state index contributed by atoms with van der Waals surface area (Å²) in [6.07, 6.45) is 19.2. The lowest BCUT2D eigenvalue weighted by Crippen LogP contribution is -2.51. The van der Waals surface area contributed by atoms with Crippen LogP contribution in [0.15, 0.2) is 12.2 Å². The average Bonchev–Trinajstić information content (AvgIpc) is 2.54. The van der Waals surface area contributed by atoms with E-state index in [4.69, 9.17) is 15.9 Å². The second-order valence-electron chi connectivity index (χ2n) is 6.60. The fourth-order valence-electron chi connectivity index (χ4n) is 2.59. The van der Waals surface area contributed by atoms with Crippen molar-refractivity contribution in [3.8, 4) is 0 Å². The van der Waals surface area contributed by atoms with Crippen molar-refractivity contribution in [1.29, 1.82) is 0 Å². The van der Waals surface area contributed by atoms with Crippen LogP contribution in [-0.2, 0) is 4.79 Å². The quantitative estimate of drug-likeness (QED) is 0.290. The third kappa shape index (κ3) is 12.2. The van der Waals surface area contributed by atoms with E-state index < -0.39 is 18.1 Å². The molecule has 4 N–H and O–H groups in total. The molecule has 0 heterocycles. The zero-order valence-electron chi connectivity index (χ0n) is 14.9. The van der Waals surface area contributed by atoms with Gasteiger partial charge in [0, 0.05) is 0 Å². The molecule has 0 bridgehead atoms. The fraction of sp³-hybridized carbons (Fsp3) is 0.842. The fourth-order valence-corrected chi connectivity index (χ4v) is 2.59. The van der Waals surface area contributed by atoms with Crippen LogP contribution in [0.5, 0.6) is 0 Å². The van der Waals surface area contributed by atoms with Gasteiger partial charge in [-0.25, -0.2) is 0 Å². The molecule has 0 saturated heterocycles. The van der Waals surface area contributed by atoms with Gasteiger partial charge in [-0.05, 0) is 32.1 Å². The number of hydrogen-bond donors (Lipinski definition) is 3. The molecule has 0 rings (SSSR count). The number of hydrogen-bond acceptors (Lipinski definition) is 3. The average molecular weight is 328 g/mol. The summed E-state index contributed by atoms with van der Waals surface area (Å²) >= 11 is 0. The maximum Gasteiger partial charge on any atom is 0.326 e. The Morgan fingerprint density at radius 2 is 1.39 bits per heavy atom. The Morgan fingerprint density at radius 3 is 1.87 bits per heavy atom. The Hall–Kier alpha value is -0.870. The van der Waals surface area contributed by atoms with Gasteiger partial charge in [-0.1, -0.05) is 70.4 Å². The van der Waals surface area contributed by atoms with Crippen molar-refractivity contribution in [2.75, 3.05) is 6.61 Å². The van der Waals surface area contributed by atoms with E-state index in [1.807, 2.05) is 0 Å². The lowest BCUT2D eigenvalue weighted by molar-refractivity contribution is -0.145. The topological polar surface area (TPSA) is 83.5 Å². The van der Waals surface area contributed by atoms with E-state index >= 15 is 0 Å². The van der Waals surface area contributed by atoms with Crippen molar-refractivity contribution in [2.45, 2.75) is 95.9 Å². The number of aliphatic hydroxyl groups excluding tert-OH is 1. The van der Waals surface area contributed by atoms with Crippen molar-refractivity contribution in [2.24, 2.45) is 5.73 Å². The molecule has 23 heavy (non-hydrogen) atoms. The first-order chi connectivity index (χ1) is 11.1. The van der Waals surface area contributed by atoms with E-state index in [2.05, 4.69) is 19.1 Å². The van der Waals surface area contributed by atoms with E-state index in [0.29, 0.717) is 6.42 Å². The number of aliphatic carboxylic acids is 1. The number of nitrogens with two attached hydrogens (primary N) is 1.